The smallest absolute Gasteiger partial charge is 0.134 e. The van der Waals surface area contributed by atoms with E-state index in [9.17, 15) is 5.26 Å². The third kappa shape index (κ3) is 3.10. The van der Waals surface area contributed by atoms with Crippen LogP contribution in [-0.4, -0.2) is 4.98 Å². The summed E-state index contributed by atoms with van der Waals surface area (Å²) in [5.74, 6) is 0. The fraction of sp³-hybridized carbons (Fsp3) is 0.0588. The highest BCUT2D eigenvalue weighted by atomic mass is 32.1. The Morgan fingerprint density at radius 1 is 1.24 bits per heavy atom. The van der Waals surface area contributed by atoms with Crippen molar-refractivity contribution in [1.29, 1.82) is 5.26 Å². The van der Waals surface area contributed by atoms with Crippen LogP contribution < -0.4 is 0 Å². The number of allylic oxidation sites excluding steroid dienone is 1. The van der Waals surface area contributed by atoms with Crippen LogP contribution >= 0.6 is 22.7 Å². The number of aromatic nitrogens is 1. The SMILES string of the molecule is Cc1cccc(/C=C(/C#N)c2nc(-c3cccs3)cs2)c1. The van der Waals surface area contributed by atoms with Gasteiger partial charge in [-0.05, 0) is 30.0 Å². The molecule has 0 aliphatic carbocycles. The van der Waals surface area contributed by atoms with Crippen molar-refractivity contribution in [2.75, 3.05) is 0 Å². The van der Waals surface area contributed by atoms with Crippen molar-refractivity contribution in [3.05, 3.63) is 63.3 Å². The average Bonchev–Trinajstić information content (AvgIpc) is 3.15. The highest BCUT2D eigenvalue weighted by Crippen LogP contribution is 2.29. The highest BCUT2D eigenvalue weighted by Gasteiger charge is 2.09. The molecule has 1 aromatic carbocycles. The quantitative estimate of drug-likeness (QED) is 0.620. The Morgan fingerprint density at radius 3 is 2.86 bits per heavy atom. The Balaban J connectivity index is 1.96. The number of hydrogen-bond donors (Lipinski definition) is 0. The summed E-state index contributed by atoms with van der Waals surface area (Å²) >= 11 is 3.17. The van der Waals surface area contributed by atoms with Gasteiger partial charge in [0.15, 0.2) is 0 Å². The van der Waals surface area contributed by atoms with Gasteiger partial charge in [-0.25, -0.2) is 4.98 Å². The van der Waals surface area contributed by atoms with Crippen molar-refractivity contribution < 1.29 is 0 Å². The van der Waals surface area contributed by atoms with Crippen LogP contribution in [0, 0.1) is 18.3 Å². The molecule has 2 aromatic heterocycles. The maximum Gasteiger partial charge on any atom is 0.134 e. The Hall–Kier alpha value is -2.22. The van der Waals surface area contributed by atoms with E-state index in [-0.39, 0.29) is 0 Å². The zero-order valence-electron chi connectivity index (χ0n) is 11.4. The monoisotopic (exact) mass is 308 g/mol. The molecule has 3 aromatic rings. The van der Waals surface area contributed by atoms with Gasteiger partial charge in [0.2, 0.25) is 0 Å². The van der Waals surface area contributed by atoms with E-state index in [0.29, 0.717) is 5.57 Å². The van der Waals surface area contributed by atoms with Crippen molar-refractivity contribution in [2.24, 2.45) is 0 Å². The Bertz CT molecular complexity index is 821. The number of thiazole rings is 1. The number of nitrogens with zero attached hydrogens (tertiary/aromatic N) is 2. The van der Waals surface area contributed by atoms with Crippen LogP contribution in [0.15, 0.2) is 47.2 Å². The van der Waals surface area contributed by atoms with E-state index in [0.717, 1.165) is 21.1 Å². The lowest BCUT2D eigenvalue weighted by Gasteiger charge is -1.97. The maximum absolute atomic E-state index is 9.40. The lowest BCUT2D eigenvalue weighted by Crippen LogP contribution is -1.82. The van der Waals surface area contributed by atoms with Crippen LogP contribution in [0.1, 0.15) is 16.1 Å². The van der Waals surface area contributed by atoms with Crippen LogP contribution in [-0.2, 0) is 0 Å². The average molecular weight is 308 g/mol. The summed E-state index contributed by atoms with van der Waals surface area (Å²) in [5, 5.41) is 14.2. The summed E-state index contributed by atoms with van der Waals surface area (Å²) < 4.78 is 0. The number of rotatable bonds is 3. The second kappa shape index (κ2) is 6.04. The molecule has 4 heteroatoms. The first-order valence-corrected chi connectivity index (χ1v) is 8.20. The Kier molecular flexibility index (Phi) is 3.96. The predicted octanol–water partition coefficient (Wildman–Crippen LogP) is 5.24. The Labute approximate surface area is 131 Å². The van der Waals surface area contributed by atoms with E-state index in [4.69, 9.17) is 0 Å². The molecule has 21 heavy (non-hydrogen) atoms. The van der Waals surface area contributed by atoms with E-state index in [1.54, 1.807) is 11.3 Å². The van der Waals surface area contributed by atoms with E-state index < -0.39 is 0 Å². The van der Waals surface area contributed by atoms with Crippen LogP contribution in [0.4, 0.5) is 0 Å². The maximum atomic E-state index is 9.40. The lowest BCUT2D eigenvalue weighted by molar-refractivity contribution is 1.38. The number of nitriles is 1. The van der Waals surface area contributed by atoms with Crippen LogP contribution in [0.3, 0.4) is 0 Å². The molecule has 0 atom stereocenters. The van der Waals surface area contributed by atoms with Gasteiger partial charge in [0, 0.05) is 5.38 Å². The molecule has 0 amide bonds. The fourth-order valence-electron chi connectivity index (χ4n) is 2.00. The summed E-state index contributed by atoms with van der Waals surface area (Å²) in [5.41, 5.74) is 3.75. The molecule has 0 unspecified atom stereocenters. The summed E-state index contributed by atoms with van der Waals surface area (Å²) in [6.45, 7) is 2.04. The van der Waals surface area contributed by atoms with Crippen molar-refractivity contribution in [3.8, 4) is 16.6 Å². The second-order valence-electron chi connectivity index (χ2n) is 4.60. The molecule has 0 spiro atoms. The molecule has 0 saturated heterocycles. The van der Waals surface area contributed by atoms with Crippen molar-refractivity contribution in [2.45, 2.75) is 6.92 Å². The minimum absolute atomic E-state index is 0.605. The Morgan fingerprint density at radius 2 is 2.14 bits per heavy atom. The fourth-order valence-corrected chi connectivity index (χ4v) is 3.55. The molecule has 0 aliphatic heterocycles. The largest absolute Gasteiger partial charge is 0.234 e. The van der Waals surface area contributed by atoms with Crippen molar-refractivity contribution in [1.82, 2.24) is 4.98 Å². The lowest BCUT2D eigenvalue weighted by atomic mass is 10.1. The van der Waals surface area contributed by atoms with E-state index in [2.05, 4.69) is 17.1 Å². The summed E-state index contributed by atoms with van der Waals surface area (Å²) in [6.07, 6.45) is 1.89. The molecule has 3 rings (SSSR count). The van der Waals surface area contributed by atoms with Gasteiger partial charge in [0.1, 0.15) is 11.1 Å². The zero-order chi connectivity index (χ0) is 14.7. The molecular formula is C17H12N2S2. The van der Waals surface area contributed by atoms with Crippen LogP contribution in [0.2, 0.25) is 0 Å². The third-order valence-electron chi connectivity index (χ3n) is 2.98. The van der Waals surface area contributed by atoms with Crippen LogP contribution in [0.5, 0.6) is 0 Å². The third-order valence-corrected chi connectivity index (χ3v) is 4.75. The topological polar surface area (TPSA) is 36.7 Å². The van der Waals surface area contributed by atoms with Gasteiger partial charge < -0.3 is 0 Å². The molecule has 0 N–H and O–H groups in total. The second-order valence-corrected chi connectivity index (χ2v) is 6.40. The molecule has 0 aliphatic rings. The number of benzene rings is 1. The van der Waals surface area contributed by atoms with E-state index >= 15 is 0 Å². The first-order valence-electron chi connectivity index (χ1n) is 6.44. The summed E-state index contributed by atoms with van der Waals surface area (Å²) in [7, 11) is 0. The molecular weight excluding hydrogens is 296 g/mol. The number of hydrogen-bond acceptors (Lipinski definition) is 4. The van der Waals surface area contributed by atoms with Crippen molar-refractivity contribution >= 4 is 34.3 Å². The first-order chi connectivity index (χ1) is 10.3. The zero-order valence-corrected chi connectivity index (χ0v) is 13.0. The van der Waals surface area contributed by atoms with Gasteiger partial charge in [-0.2, -0.15) is 5.26 Å². The normalized spacial score (nSPS) is 11.3. The van der Waals surface area contributed by atoms with Gasteiger partial charge in [-0.3, -0.25) is 0 Å². The minimum Gasteiger partial charge on any atom is -0.234 e. The summed E-state index contributed by atoms with van der Waals surface area (Å²) in [4.78, 5) is 5.71. The van der Waals surface area contributed by atoms with Gasteiger partial charge in [0.05, 0.1) is 16.1 Å². The standard InChI is InChI=1S/C17H12N2S2/c1-12-4-2-5-13(8-12)9-14(10-18)17-19-15(11-21-17)16-6-3-7-20-16/h2-9,11H,1H3/b14-9-. The summed E-state index contributed by atoms with van der Waals surface area (Å²) in [6, 6.07) is 14.4. The van der Waals surface area contributed by atoms with Gasteiger partial charge in [-0.15, -0.1) is 22.7 Å². The molecule has 2 heterocycles. The van der Waals surface area contributed by atoms with E-state index in [1.165, 1.54) is 16.9 Å². The van der Waals surface area contributed by atoms with Gasteiger partial charge in [-0.1, -0.05) is 35.9 Å². The molecule has 2 nitrogen and oxygen atoms in total. The van der Waals surface area contributed by atoms with Gasteiger partial charge >= 0.3 is 0 Å². The van der Waals surface area contributed by atoms with Crippen molar-refractivity contribution in [3.63, 3.8) is 0 Å². The molecule has 0 fully saturated rings. The molecule has 0 saturated carbocycles. The predicted molar refractivity (Wildman–Crippen MR) is 90.1 cm³/mol. The van der Waals surface area contributed by atoms with Crippen LogP contribution in [0.25, 0.3) is 22.2 Å². The van der Waals surface area contributed by atoms with Gasteiger partial charge in [0.25, 0.3) is 0 Å². The number of aryl methyl sites for hydroxylation is 1. The first kappa shape index (κ1) is 13.7. The highest BCUT2D eigenvalue weighted by molar-refractivity contribution is 7.14. The molecule has 102 valence electrons. The minimum atomic E-state index is 0.605. The van der Waals surface area contributed by atoms with E-state index in [1.807, 2.05) is 54.1 Å². The molecule has 0 bridgehead atoms. The molecule has 0 radical (unpaired) electrons. The number of thiophene rings is 1.